The molecule has 0 aliphatic heterocycles. The zero-order chi connectivity index (χ0) is 15.2. The van der Waals surface area contributed by atoms with Crippen molar-refractivity contribution in [1.29, 1.82) is 0 Å². The molecule has 3 rings (SSSR count). The van der Waals surface area contributed by atoms with E-state index in [4.69, 9.17) is 10.2 Å². The van der Waals surface area contributed by atoms with Gasteiger partial charge in [0.05, 0.1) is 5.56 Å². The quantitative estimate of drug-likeness (QED) is 0.693. The molecule has 0 unspecified atom stereocenters. The van der Waals surface area contributed by atoms with Crippen LogP contribution in [-0.2, 0) is 6.18 Å². The van der Waals surface area contributed by atoms with E-state index in [1.807, 2.05) is 6.92 Å². The second-order valence-electron chi connectivity index (χ2n) is 4.64. The van der Waals surface area contributed by atoms with E-state index in [1.54, 1.807) is 18.2 Å². The molecule has 0 aliphatic rings. The Morgan fingerprint density at radius 2 is 1.95 bits per heavy atom. The summed E-state index contributed by atoms with van der Waals surface area (Å²) < 4.78 is 43.3. The van der Waals surface area contributed by atoms with Crippen LogP contribution in [0.15, 0.2) is 34.9 Å². The van der Waals surface area contributed by atoms with Crippen LogP contribution in [0.4, 0.5) is 18.9 Å². The molecule has 4 nitrogen and oxygen atoms in total. The first-order valence-electron chi connectivity index (χ1n) is 6.05. The number of anilines is 1. The van der Waals surface area contributed by atoms with Gasteiger partial charge < -0.3 is 10.2 Å². The molecule has 21 heavy (non-hydrogen) atoms. The van der Waals surface area contributed by atoms with Crippen molar-refractivity contribution in [3.63, 3.8) is 0 Å². The second-order valence-corrected chi connectivity index (χ2v) is 4.64. The molecule has 7 heteroatoms. The molecule has 0 atom stereocenters. The van der Waals surface area contributed by atoms with Crippen molar-refractivity contribution in [1.82, 2.24) is 9.97 Å². The van der Waals surface area contributed by atoms with Gasteiger partial charge in [-0.2, -0.15) is 13.2 Å². The van der Waals surface area contributed by atoms with Crippen molar-refractivity contribution >= 4 is 16.9 Å². The minimum Gasteiger partial charge on any atom is -0.418 e. The number of nitrogen functional groups attached to an aromatic ring is 1. The Morgan fingerprint density at radius 3 is 2.62 bits per heavy atom. The largest absolute Gasteiger partial charge is 0.418 e. The molecule has 2 N–H and O–H groups in total. The van der Waals surface area contributed by atoms with Gasteiger partial charge in [0.15, 0.2) is 0 Å². The Morgan fingerprint density at radius 1 is 1.19 bits per heavy atom. The maximum atomic E-state index is 12.6. The monoisotopic (exact) mass is 293 g/mol. The number of fused-ring (bicyclic) bond motifs is 1. The van der Waals surface area contributed by atoms with Crippen molar-refractivity contribution in [3.8, 4) is 11.5 Å². The topological polar surface area (TPSA) is 64.9 Å². The van der Waals surface area contributed by atoms with E-state index in [9.17, 15) is 13.2 Å². The number of nitrogens with two attached hydrogens (primary N) is 1. The SMILES string of the molecule is Cc1ccc(-c2nc3cc(C(F)(F)F)cnc3o2)cc1N. The van der Waals surface area contributed by atoms with Gasteiger partial charge in [-0.15, -0.1) is 0 Å². The summed E-state index contributed by atoms with van der Waals surface area (Å²) in [6, 6.07) is 6.09. The Bertz CT molecular complexity index is 824. The summed E-state index contributed by atoms with van der Waals surface area (Å²) in [5, 5.41) is 0. The van der Waals surface area contributed by atoms with E-state index < -0.39 is 11.7 Å². The van der Waals surface area contributed by atoms with Gasteiger partial charge in [-0.1, -0.05) is 6.07 Å². The zero-order valence-electron chi connectivity index (χ0n) is 10.9. The summed E-state index contributed by atoms with van der Waals surface area (Å²) in [6.45, 7) is 1.85. The van der Waals surface area contributed by atoms with Gasteiger partial charge in [-0.25, -0.2) is 9.97 Å². The Kier molecular flexibility index (Phi) is 2.86. The lowest BCUT2D eigenvalue weighted by Gasteiger charge is -2.03. The number of aryl methyl sites for hydroxylation is 1. The summed E-state index contributed by atoms with van der Waals surface area (Å²) in [4.78, 5) is 7.70. The van der Waals surface area contributed by atoms with E-state index in [-0.39, 0.29) is 17.1 Å². The van der Waals surface area contributed by atoms with Gasteiger partial charge in [0.25, 0.3) is 0 Å². The van der Waals surface area contributed by atoms with Crippen molar-refractivity contribution in [2.75, 3.05) is 5.73 Å². The normalized spacial score (nSPS) is 12.0. The molecule has 3 aromatic rings. The molecule has 2 heterocycles. The van der Waals surface area contributed by atoms with Gasteiger partial charge in [-0.3, -0.25) is 0 Å². The highest BCUT2D eigenvalue weighted by atomic mass is 19.4. The molecule has 2 aromatic heterocycles. The fourth-order valence-corrected chi connectivity index (χ4v) is 1.88. The molecule has 1 aromatic carbocycles. The number of benzene rings is 1. The van der Waals surface area contributed by atoms with Crippen LogP contribution < -0.4 is 5.73 Å². The van der Waals surface area contributed by atoms with Gasteiger partial charge in [0.2, 0.25) is 11.6 Å². The third kappa shape index (κ3) is 2.42. The fraction of sp³-hybridized carbons (Fsp3) is 0.143. The molecule has 108 valence electrons. The molecule has 0 spiro atoms. The molecular weight excluding hydrogens is 283 g/mol. The number of hydrogen-bond acceptors (Lipinski definition) is 4. The van der Waals surface area contributed by atoms with Gasteiger partial charge >= 0.3 is 6.18 Å². The second kappa shape index (κ2) is 4.47. The number of pyridine rings is 1. The van der Waals surface area contributed by atoms with Gasteiger partial charge in [0, 0.05) is 17.4 Å². The smallest absolute Gasteiger partial charge is 0.417 e. The van der Waals surface area contributed by atoms with E-state index in [0.29, 0.717) is 11.3 Å². The maximum absolute atomic E-state index is 12.6. The predicted octanol–water partition coefficient (Wildman–Crippen LogP) is 3.80. The molecular formula is C14H10F3N3O. The van der Waals surface area contributed by atoms with Crippen LogP contribution in [0.5, 0.6) is 0 Å². The molecule has 0 fully saturated rings. The average molecular weight is 293 g/mol. The van der Waals surface area contributed by atoms with Crippen LogP contribution in [0.3, 0.4) is 0 Å². The summed E-state index contributed by atoms with van der Waals surface area (Å²) in [5.41, 5.74) is 7.08. The first kappa shape index (κ1) is 13.4. The van der Waals surface area contributed by atoms with Gasteiger partial charge in [-0.05, 0) is 30.7 Å². The Labute approximate surface area is 117 Å². The summed E-state index contributed by atoms with van der Waals surface area (Å²) in [5.74, 6) is 0.184. The maximum Gasteiger partial charge on any atom is 0.417 e. The van der Waals surface area contributed by atoms with Crippen LogP contribution in [0.25, 0.3) is 22.7 Å². The minimum absolute atomic E-state index is 0.0529. The number of hydrogen-bond donors (Lipinski definition) is 1. The Hall–Kier alpha value is -2.57. The fourth-order valence-electron chi connectivity index (χ4n) is 1.88. The van der Waals surface area contributed by atoms with Crippen LogP contribution in [0.2, 0.25) is 0 Å². The number of rotatable bonds is 1. The number of nitrogens with zero attached hydrogens (tertiary/aromatic N) is 2. The van der Waals surface area contributed by atoms with E-state index in [2.05, 4.69) is 9.97 Å². The first-order valence-corrected chi connectivity index (χ1v) is 6.05. The highest BCUT2D eigenvalue weighted by Gasteiger charge is 2.31. The van der Waals surface area contributed by atoms with E-state index in [0.717, 1.165) is 17.8 Å². The highest BCUT2D eigenvalue weighted by molar-refractivity contribution is 5.74. The minimum atomic E-state index is -4.46. The van der Waals surface area contributed by atoms with Crippen LogP contribution >= 0.6 is 0 Å². The van der Waals surface area contributed by atoms with Crippen LogP contribution in [0, 0.1) is 6.92 Å². The molecule has 0 amide bonds. The molecule has 0 saturated carbocycles. The van der Waals surface area contributed by atoms with Gasteiger partial charge in [0.1, 0.15) is 5.52 Å². The number of aromatic nitrogens is 2. The number of alkyl halides is 3. The number of oxazole rings is 1. The lowest BCUT2D eigenvalue weighted by atomic mass is 10.1. The third-order valence-corrected chi connectivity index (χ3v) is 3.10. The summed E-state index contributed by atoms with van der Waals surface area (Å²) in [6.07, 6.45) is -3.74. The van der Waals surface area contributed by atoms with Crippen LogP contribution in [-0.4, -0.2) is 9.97 Å². The van der Waals surface area contributed by atoms with Crippen LogP contribution in [0.1, 0.15) is 11.1 Å². The Balaban J connectivity index is 2.10. The molecule has 0 bridgehead atoms. The van der Waals surface area contributed by atoms with E-state index in [1.165, 1.54) is 0 Å². The summed E-state index contributed by atoms with van der Waals surface area (Å²) in [7, 11) is 0. The predicted molar refractivity (Wildman–Crippen MR) is 71.4 cm³/mol. The van der Waals surface area contributed by atoms with Crippen molar-refractivity contribution in [2.24, 2.45) is 0 Å². The molecule has 0 radical (unpaired) electrons. The first-order chi connectivity index (χ1) is 9.84. The lowest BCUT2D eigenvalue weighted by Crippen LogP contribution is -2.04. The molecule has 0 saturated heterocycles. The zero-order valence-corrected chi connectivity index (χ0v) is 10.9. The standard InChI is InChI=1S/C14H10F3N3O/c1-7-2-3-8(4-10(7)18)12-20-11-5-9(14(15,16)17)6-19-13(11)21-12/h2-6H,18H2,1H3. The third-order valence-electron chi connectivity index (χ3n) is 3.10. The number of halogens is 3. The average Bonchev–Trinajstić information content (AvgIpc) is 2.83. The van der Waals surface area contributed by atoms with Crippen molar-refractivity contribution < 1.29 is 17.6 Å². The summed E-state index contributed by atoms with van der Waals surface area (Å²) >= 11 is 0. The molecule has 0 aliphatic carbocycles. The van der Waals surface area contributed by atoms with E-state index >= 15 is 0 Å². The van der Waals surface area contributed by atoms with Crippen molar-refractivity contribution in [3.05, 3.63) is 41.6 Å². The highest BCUT2D eigenvalue weighted by Crippen LogP contribution is 2.32. The van der Waals surface area contributed by atoms with Crippen molar-refractivity contribution in [2.45, 2.75) is 13.1 Å². The lowest BCUT2D eigenvalue weighted by molar-refractivity contribution is -0.137.